The molecule has 2 aromatic rings. The molecule has 27 heavy (non-hydrogen) atoms. The number of hydrogen-bond donors (Lipinski definition) is 0. The minimum absolute atomic E-state index is 0.803. The van der Waals surface area contributed by atoms with E-state index in [0.717, 1.165) is 11.8 Å². The van der Waals surface area contributed by atoms with Gasteiger partial charge in [-0.3, -0.25) is 0 Å². The molecule has 2 nitrogen and oxygen atoms in total. The quantitative estimate of drug-likeness (QED) is 0.750. The van der Waals surface area contributed by atoms with Crippen LogP contribution in [0.5, 0.6) is 0 Å². The molecule has 146 valence electrons. The van der Waals surface area contributed by atoms with Crippen molar-refractivity contribution in [3.8, 4) is 0 Å². The number of benzene rings is 2. The second-order valence-electron chi connectivity index (χ2n) is 8.45. The molecule has 2 saturated heterocycles. The Balaban J connectivity index is 0.000000156. The van der Waals surface area contributed by atoms with E-state index in [1.165, 1.54) is 69.4 Å². The van der Waals surface area contributed by atoms with Crippen molar-refractivity contribution in [2.75, 3.05) is 40.3 Å². The first-order chi connectivity index (χ1) is 13.2. The highest BCUT2D eigenvalue weighted by atomic mass is 15.1. The van der Waals surface area contributed by atoms with Crippen LogP contribution >= 0.6 is 0 Å². The maximum absolute atomic E-state index is 2.46. The molecule has 0 spiro atoms. The zero-order valence-corrected chi connectivity index (χ0v) is 17.2. The first-order valence-corrected chi connectivity index (χ1v) is 10.7. The van der Waals surface area contributed by atoms with Crippen molar-refractivity contribution in [2.24, 2.45) is 5.92 Å². The lowest BCUT2D eigenvalue weighted by molar-refractivity contribution is 0.209. The summed E-state index contributed by atoms with van der Waals surface area (Å²) in [6, 6.07) is 21.8. The first kappa shape index (κ1) is 20.1. The molecule has 0 amide bonds. The third kappa shape index (κ3) is 6.79. The number of rotatable bonds is 3. The summed E-state index contributed by atoms with van der Waals surface area (Å²) >= 11 is 0. The number of nitrogens with zero attached hydrogens (tertiary/aromatic N) is 2. The average molecular weight is 365 g/mol. The largest absolute Gasteiger partial charge is 0.306 e. The monoisotopic (exact) mass is 364 g/mol. The molecule has 0 bridgehead atoms. The van der Waals surface area contributed by atoms with Gasteiger partial charge in [-0.25, -0.2) is 0 Å². The fourth-order valence-electron chi connectivity index (χ4n) is 4.45. The number of likely N-dealkylation sites (tertiary alicyclic amines) is 2. The van der Waals surface area contributed by atoms with Gasteiger partial charge in [0.1, 0.15) is 0 Å². The maximum Gasteiger partial charge on any atom is 0.000979 e. The Bertz CT molecular complexity index is 632. The lowest BCUT2D eigenvalue weighted by atomic mass is 9.90. The fourth-order valence-corrected chi connectivity index (χ4v) is 4.45. The highest BCUT2D eigenvalue weighted by Crippen LogP contribution is 2.26. The third-order valence-corrected chi connectivity index (χ3v) is 6.08. The zero-order valence-electron chi connectivity index (χ0n) is 17.2. The predicted molar refractivity (Wildman–Crippen MR) is 116 cm³/mol. The van der Waals surface area contributed by atoms with E-state index >= 15 is 0 Å². The Labute approximate surface area is 166 Å². The van der Waals surface area contributed by atoms with Crippen LogP contribution < -0.4 is 0 Å². The van der Waals surface area contributed by atoms with Gasteiger partial charge in [0.25, 0.3) is 0 Å². The van der Waals surface area contributed by atoms with Gasteiger partial charge in [0, 0.05) is 6.54 Å². The van der Waals surface area contributed by atoms with E-state index in [-0.39, 0.29) is 0 Å². The van der Waals surface area contributed by atoms with Crippen LogP contribution in [0.15, 0.2) is 60.7 Å². The lowest BCUT2D eigenvalue weighted by Gasteiger charge is -2.29. The van der Waals surface area contributed by atoms with Crippen LogP contribution in [0.3, 0.4) is 0 Å². The van der Waals surface area contributed by atoms with Crippen molar-refractivity contribution < 1.29 is 0 Å². The minimum atomic E-state index is 0.803. The van der Waals surface area contributed by atoms with Gasteiger partial charge in [-0.05, 0) is 88.8 Å². The van der Waals surface area contributed by atoms with Gasteiger partial charge in [0.15, 0.2) is 0 Å². The molecule has 2 aliphatic heterocycles. The van der Waals surface area contributed by atoms with E-state index in [9.17, 15) is 0 Å². The van der Waals surface area contributed by atoms with Crippen molar-refractivity contribution in [3.05, 3.63) is 71.8 Å². The van der Waals surface area contributed by atoms with E-state index in [0.29, 0.717) is 0 Å². The van der Waals surface area contributed by atoms with E-state index in [2.05, 4.69) is 84.6 Å². The SMILES string of the molecule is CN1CCC(c2ccccc2)CC1.CN1CCCC(Cc2ccccc2)C1. The Hall–Kier alpha value is -1.64. The van der Waals surface area contributed by atoms with Crippen LogP contribution in [-0.4, -0.2) is 50.1 Å². The van der Waals surface area contributed by atoms with Crippen molar-refractivity contribution in [1.82, 2.24) is 9.80 Å². The van der Waals surface area contributed by atoms with Crippen molar-refractivity contribution in [1.29, 1.82) is 0 Å². The normalized spacial score (nSPS) is 22.1. The molecule has 2 heteroatoms. The zero-order chi connectivity index (χ0) is 18.9. The molecular formula is C25H36N2. The summed E-state index contributed by atoms with van der Waals surface area (Å²) in [6.45, 7) is 5.05. The molecule has 2 heterocycles. The minimum Gasteiger partial charge on any atom is -0.306 e. The van der Waals surface area contributed by atoms with Crippen LogP contribution in [0.2, 0.25) is 0 Å². The van der Waals surface area contributed by atoms with Crippen molar-refractivity contribution >= 4 is 0 Å². The lowest BCUT2D eigenvalue weighted by Crippen LogP contribution is -2.32. The Morgan fingerprint density at radius 1 is 0.741 bits per heavy atom. The predicted octanol–water partition coefficient (Wildman–Crippen LogP) is 5.07. The standard InChI is InChI=1S/C13H19N.C12H17N/c1-14-9-5-8-13(11-14)10-12-6-3-2-4-7-12;1-13-9-7-12(8-10-13)11-5-3-2-4-6-11/h2-4,6-7,13H,5,8-11H2,1H3;2-6,12H,7-10H2,1H3. The van der Waals surface area contributed by atoms with E-state index in [1.807, 2.05) is 0 Å². The Morgan fingerprint density at radius 2 is 1.37 bits per heavy atom. The van der Waals surface area contributed by atoms with Crippen LogP contribution in [-0.2, 0) is 6.42 Å². The van der Waals surface area contributed by atoms with Crippen LogP contribution in [0, 0.1) is 5.92 Å². The summed E-state index contributed by atoms with van der Waals surface area (Å²) in [5.41, 5.74) is 3.02. The summed E-state index contributed by atoms with van der Waals surface area (Å²) in [6.07, 6.45) is 6.67. The molecule has 0 N–H and O–H groups in total. The molecule has 2 aromatic carbocycles. The smallest absolute Gasteiger partial charge is 0.000979 e. The Morgan fingerprint density at radius 3 is 2.00 bits per heavy atom. The van der Waals surface area contributed by atoms with E-state index in [4.69, 9.17) is 0 Å². The molecule has 4 rings (SSSR count). The molecule has 0 saturated carbocycles. The van der Waals surface area contributed by atoms with Gasteiger partial charge in [0.05, 0.1) is 0 Å². The van der Waals surface area contributed by atoms with Crippen LogP contribution in [0.4, 0.5) is 0 Å². The second-order valence-corrected chi connectivity index (χ2v) is 8.45. The van der Waals surface area contributed by atoms with Gasteiger partial charge in [-0.2, -0.15) is 0 Å². The first-order valence-electron chi connectivity index (χ1n) is 10.7. The van der Waals surface area contributed by atoms with E-state index < -0.39 is 0 Å². The molecule has 0 aromatic heterocycles. The fraction of sp³-hybridized carbons (Fsp3) is 0.520. The summed E-state index contributed by atoms with van der Waals surface area (Å²) in [5, 5.41) is 0. The highest BCUT2D eigenvalue weighted by molar-refractivity contribution is 5.20. The molecular weight excluding hydrogens is 328 g/mol. The van der Waals surface area contributed by atoms with Crippen molar-refractivity contribution in [2.45, 2.75) is 38.0 Å². The summed E-state index contributed by atoms with van der Waals surface area (Å²) in [5.74, 6) is 1.67. The third-order valence-electron chi connectivity index (χ3n) is 6.08. The molecule has 1 atom stereocenters. The van der Waals surface area contributed by atoms with Gasteiger partial charge in [-0.15, -0.1) is 0 Å². The molecule has 2 fully saturated rings. The molecule has 2 aliphatic rings. The number of hydrogen-bond acceptors (Lipinski definition) is 2. The summed E-state index contributed by atoms with van der Waals surface area (Å²) < 4.78 is 0. The van der Waals surface area contributed by atoms with Crippen molar-refractivity contribution in [3.63, 3.8) is 0 Å². The topological polar surface area (TPSA) is 6.48 Å². The second kappa shape index (κ2) is 10.6. The highest BCUT2D eigenvalue weighted by Gasteiger charge is 2.18. The van der Waals surface area contributed by atoms with Gasteiger partial charge in [-0.1, -0.05) is 60.7 Å². The van der Waals surface area contributed by atoms with E-state index in [1.54, 1.807) is 0 Å². The van der Waals surface area contributed by atoms with Gasteiger partial charge < -0.3 is 9.80 Å². The number of piperidine rings is 2. The van der Waals surface area contributed by atoms with Crippen LogP contribution in [0.1, 0.15) is 42.7 Å². The van der Waals surface area contributed by atoms with Gasteiger partial charge in [0.2, 0.25) is 0 Å². The summed E-state index contributed by atoms with van der Waals surface area (Å²) in [7, 11) is 4.44. The molecule has 0 radical (unpaired) electrons. The van der Waals surface area contributed by atoms with Crippen LogP contribution in [0.25, 0.3) is 0 Å². The van der Waals surface area contributed by atoms with Gasteiger partial charge >= 0.3 is 0 Å². The maximum atomic E-state index is 2.46. The molecule has 0 aliphatic carbocycles. The summed E-state index contributed by atoms with van der Waals surface area (Å²) in [4.78, 5) is 4.87. The average Bonchev–Trinajstić information content (AvgIpc) is 2.71. The molecule has 1 unspecified atom stereocenters. The Kier molecular flexibility index (Phi) is 7.92.